The standard InChI is InChI=1S/C26H36N2O/c29-26(24-20-14-9-15-21-24)28-27-25(23-18-12-8-13-19-23)22-16-10-6-4-2-1-3-5-7-11-17-22/h8-9,12-15,18-22,25,27H,1-7,10-11,16-17H2,(H,28,29). The van der Waals surface area contributed by atoms with Crippen LogP contribution in [0.2, 0.25) is 0 Å². The van der Waals surface area contributed by atoms with Crippen molar-refractivity contribution in [3.8, 4) is 0 Å². The monoisotopic (exact) mass is 392 g/mol. The average Bonchev–Trinajstić information content (AvgIpc) is 2.76. The largest absolute Gasteiger partial charge is 0.287 e. The van der Waals surface area contributed by atoms with E-state index in [1.165, 1.54) is 76.2 Å². The van der Waals surface area contributed by atoms with Crippen LogP contribution >= 0.6 is 0 Å². The molecule has 0 spiro atoms. The molecule has 2 aromatic carbocycles. The van der Waals surface area contributed by atoms with Gasteiger partial charge in [0.1, 0.15) is 0 Å². The van der Waals surface area contributed by atoms with E-state index in [-0.39, 0.29) is 11.9 Å². The fourth-order valence-corrected chi connectivity index (χ4v) is 4.47. The number of carbonyl (C=O) groups excluding carboxylic acids is 1. The molecule has 0 saturated heterocycles. The molecular formula is C26H36N2O. The Balaban J connectivity index is 1.69. The first-order chi connectivity index (χ1) is 14.3. The second-order valence-corrected chi connectivity index (χ2v) is 8.37. The number of hydrazine groups is 1. The van der Waals surface area contributed by atoms with Crippen LogP contribution in [0.5, 0.6) is 0 Å². The molecule has 156 valence electrons. The van der Waals surface area contributed by atoms with Crippen LogP contribution in [0.15, 0.2) is 60.7 Å². The minimum Gasteiger partial charge on any atom is -0.287 e. The van der Waals surface area contributed by atoms with Gasteiger partial charge in [0, 0.05) is 5.56 Å². The zero-order valence-electron chi connectivity index (χ0n) is 17.6. The molecule has 1 aliphatic carbocycles. The van der Waals surface area contributed by atoms with Gasteiger partial charge in [0.15, 0.2) is 0 Å². The molecule has 2 N–H and O–H groups in total. The predicted octanol–water partition coefficient (Wildman–Crippen LogP) is 6.58. The fraction of sp³-hybridized carbons (Fsp3) is 0.500. The molecule has 0 bridgehead atoms. The third-order valence-corrected chi connectivity index (χ3v) is 6.16. The molecule has 3 heteroatoms. The van der Waals surface area contributed by atoms with Crippen LogP contribution in [0, 0.1) is 5.92 Å². The number of nitrogens with one attached hydrogen (secondary N) is 2. The SMILES string of the molecule is O=C(NNC(c1ccccc1)C1CCCCCCCCCCC1)c1ccccc1. The van der Waals surface area contributed by atoms with Gasteiger partial charge in [0.2, 0.25) is 0 Å². The molecule has 0 heterocycles. The maximum atomic E-state index is 12.6. The Morgan fingerprint density at radius 2 is 1.17 bits per heavy atom. The van der Waals surface area contributed by atoms with Gasteiger partial charge in [0.25, 0.3) is 5.91 Å². The molecule has 2 aromatic rings. The molecule has 0 radical (unpaired) electrons. The highest BCUT2D eigenvalue weighted by Crippen LogP contribution is 2.31. The lowest BCUT2D eigenvalue weighted by Crippen LogP contribution is -2.42. The third kappa shape index (κ3) is 7.32. The van der Waals surface area contributed by atoms with E-state index >= 15 is 0 Å². The molecule has 0 aliphatic heterocycles. The quantitative estimate of drug-likeness (QED) is 0.564. The Kier molecular flexibility index (Phi) is 9.25. The lowest BCUT2D eigenvalue weighted by Gasteiger charge is -2.29. The van der Waals surface area contributed by atoms with Crippen molar-refractivity contribution in [3.63, 3.8) is 0 Å². The summed E-state index contributed by atoms with van der Waals surface area (Å²) >= 11 is 0. The highest BCUT2D eigenvalue weighted by Gasteiger charge is 2.23. The average molecular weight is 393 g/mol. The molecule has 29 heavy (non-hydrogen) atoms. The van der Waals surface area contributed by atoms with Gasteiger partial charge < -0.3 is 0 Å². The lowest BCUT2D eigenvalue weighted by atomic mass is 9.84. The summed E-state index contributed by atoms with van der Waals surface area (Å²) in [6.45, 7) is 0. The van der Waals surface area contributed by atoms with Crippen molar-refractivity contribution in [1.29, 1.82) is 0 Å². The number of hydrogen-bond donors (Lipinski definition) is 2. The maximum absolute atomic E-state index is 12.6. The maximum Gasteiger partial charge on any atom is 0.265 e. The number of hydrogen-bond acceptors (Lipinski definition) is 2. The number of carbonyl (C=O) groups is 1. The van der Waals surface area contributed by atoms with Crippen molar-refractivity contribution in [3.05, 3.63) is 71.8 Å². The normalized spacial score (nSPS) is 18.2. The Morgan fingerprint density at radius 1 is 0.690 bits per heavy atom. The van der Waals surface area contributed by atoms with E-state index in [9.17, 15) is 4.79 Å². The third-order valence-electron chi connectivity index (χ3n) is 6.16. The van der Waals surface area contributed by atoms with Crippen LogP contribution < -0.4 is 10.9 Å². The van der Waals surface area contributed by atoms with Crippen LogP contribution in [0.1, 0.15) is 92.6 Å². The van der Waals surface area contributed by atoms with Crippen LogP contribution in [-0.4, -0.2) is 5.91 Å². The molecule has 1 amide bonds. The Hall–Kier alpha value is -2.13. The first-order valence-electron chi connectivity index (χ1n) is 11.5. The smallest absolute Gasteiger partial charge is 0.265 e. The molecule has 1 atom stereocenters. The fourth-order valence-electron chi connectivity index (χ4n) is 4.47. The molecular weight excluding hydrogens is 356 g/mol. The zero-order valence-corrected chi connectivity index (χ0v) is 17.6. The molecule has 1 fully saturated rings. The summed E-state index contributed by atoms with van der Waals surface area (Å²) in [6.07, 6.45) is 14.6. The van der Waals surface area contributed by atoms with E-state index in [1.807, 2.05) is 30.3 Å². The number of rotatable bonds is 5. The summed E-state index contributed by atoms with van der Waals surface area (Å²) in [5.41, 5.74) is 8.36. The van der Waals surface area contributed by atoms with Crippen LogP contribution in [0.3, 0.4) is 0 Å². The molecule has 0 aromatic heterocycles. The summed E-state index contributed by atoms with van der Waals surface area (Å²) < 4.78 is 0. The van der Waals surface area contributed by atoms with Gasteiger partial charge in [0.05, 0.1) is 6.04 Å². The van der Waals surface area contributed by atoms with E-state index in [2.05, 4.69) is 41.2 Å². The van der Waals surface area contributed by atoms with E-state index in [4.69, 9.17) is 0 Å². The Labute approximate surface area is 176 Å². The molecule has 1 unspecified atom stereocenters. The van der Waals surface area contributed by atoms with Crippen molar-refractivity contribution in [1.82, 2.24) is 10.9 Å². The van der Waals surface area contributed by atoms with E-state index in [1.54, 1.807) is 0 Å². The molecule has 1 saturated carbocycles. The van der Waals surface area contributed by atoms with Gasteiger partial charge in [-0.1, -0.05) is 106 Å². The van der Waals surface area contributed by atoms with Gasteiger partial charge in [-0.05, 0) is 36.5 Å². The Morgan fingerprint density at radius 3 is 1.72 bits per heavy atom. The van der Waals surface area contributed by atoms with Gasteiger partial charge in [-0.25, -0.2) is 5.43 Å². The van der Waals surface area contributed by atoms with Crippen molar-refractivity contribution in [2.75, 3.05) is 0 Å². The van der Waals surface area contributed by atoms with Crippen molar-refractivity contribution in [2.24, 2.45) is 5.92 Å². The van der Waals surface area contributed by atoms with Gasteiger partial charge in [-0.3, -0.25) is 10.2 Å². The second-order valence-electron chi connectivity index (χ2n) is 8.37. The summed E-state index contributed by atoms with van der Waals surface area (Å²) in [7, 11) is 0. The zero-order chi connectivity index (χ0) is 20.2. The van der Waals surface area contributed by atoms with Crippen LogP contribution in [0.25, 0.3) is 0 Å². The highest BCUT2D eigenvalue weighted by atomic mass is 16.2. The van der Waals surface area contributed by atoms with Crippen molar-refractivity contribution < 1.29 is 4.79 Å². The van der Waals surface area contributed by atoms with Crippen molar-refractivity contribution >= 4 is 5.91 Å². The number of benzene rings is 2. The minimum absolute atomic E-state index is 0.0697. The van der Waals surface area contributed by atoms with Gasteiger partial charge >= 0.3 is 0 Å². The summed E-state index contributed by atoms with van der Waals surface area (Å²) in [5.74, 6) is 0.465. The highest BCUT2D eigenvalue weighted by molar-refractivity contribution is 5.93. The topological polar surface area (TPSA) is 41.1 Å². The van der Waals surface area contributed by atoms with Crippen molar-refractivity contribution in [2.45, 2.75) is 76.7 Å². The van der Waals surface area contributed by atoms with Crippen LogP contribution in [-0.2, 0) is 0 Å². The summed E-state index contributed by atoms with van der Waals surface area (Å²) in [6, 6.07) is 20.2. The van der Waals surface area contributed by atoms with Gasteiger partial charge in [-0.15, -0.1) is 0 Å². The summed E-state index contributed by atoms with van der Waals surface area (Å²) in [5, 5.41) is 0. The van der Waals surface area contributed by atoms with Gasteiger partial charge in [-0.2, -0.15) is 0 Å². The van der Waals surface area contributed by atoms with E-state index in [0.717, 1.165) is 0 Å². The predicted molar refractivity (Wildman–Crippen MR) is 121 cm³/mol. The minimum atomic E-state index is -0.0697. The lowest BCUT2D eigenvalue weighted by molar-refractivity contribution is 0.0914. The molecule has 3 rings (SSSR count). The second kappa shape index (κ2) is 12.4. The first kappa shape index (κ1) is 21.6. The molecule has 3 nitrogen and oxygen atoms in total. The first-order valence-corrected chi connectivity index (χ1v) is 11.5. The van der Waals surface area contributed by atoms with Crippen LogP contribution in [0.4, 0.5) is 0 Å². The summed E-state index contributed by atoms with van der Waals surface area (Å²) in [4.78, 5) is 12.6. The van der Waals surface area contributed by atoms with E-state index in [0.29, 0.717) is 11.5 Å². The molecule has 1 aliphatic rings. The number of amides is 1. The van der Waals surface area contributed by atoms with E-state index < -0.39 is 0 Å². The Bertz CT molecular complexity index is 689.